The van der Waals surface area contributed by atoms with Gasteiger partial charge in [-0.05, 0) is 44.4 Å². The summed E-state index contributed by atoms with van der Waals surface area (Å²) in [5, 5.41) is 2.87. The molecule has 0 bridgehead atoms. The van der Waals surface area contributed by atoms with E-state index in [1.165, 1.54) is 12.1 Å². The summed E-state index contributed by atoms with van der Waals surface area (Å²) in [4.78, 5) is 12.0. The average molecular weight is 251 g/mol. The van der Waals surface area contributed by atoms with Crippen LogP contribution >= 0.6 is 0 Å². The molecule has 1 amide bonds. The summed E-state index contributed by atoms with van der Waals surface area (Å²) in [6.07, 6.45) is 1.70. The molecule has 1 aliphatic rings. The fourth-order valence-corrected chi connectivity index (χ4v) is 2.20. The zero-order chi connectivity index (χ0) is 13.1. The molecule has 2 unspecified atom stereocenters. The van der Waals surface area contributed by atoms with E-state index in [9.17, 15) is 9.18 Å². The molecule has 98 valence electrons. The number of halogens is 1. The maximum atomic E-state index is 13.6. The van der Waals surface area contributed by atoms with E-state index in [0.29, 0.717) is 6.61 Å². The minimum Gasteiger partial charge on any atom is -0.378 e. The van der Waals surface area contributed by atoms with Crippen LogP contribution in [0.15, 0.2) is 18.2 Å². The number of rotatable bonds is 2. The molecule has 2 rings (SSSR count). The zero-order valence-corrected chi connectivity index (χ0v) is 10.7. The highest BCUT2D eigenvalue weighted by molar-refractivity contribution is 5.94. The lowest BCUT2D eigenvalue weighted by Gasteiger charge is -2.28. The minimum atomic E-state index is -0.465. The van der Waals surface area contributed by atoms with Crippen LogP contribution in [-0.2, 0) is 4.74 Å². The second-order valence-corrected chi connectivity index (χ2v) is 4.86. The van der Waals surface area contributed by atoms with E-state index in [0.717, 1.165) is 18.4 Å². The van der Waals surface area contributed by atoms with E-state index in [4.69, 9.17) is 4.74 Å². The molecule has 1 saturated heterocycles. The molecule has 0 spiro atoms. The van der Waals surface area contributed by atoms with Gasteiger partial charge in [0.25, 0.3) is 5.91 Å². The Balaban J connectivity index is 2.03. The van der Waals surface area contributed by atoms with Crippen LogP contribution in [-0.4, -0.2) is 24.7 Å². The third kappa shape index (κ3) is 3.07. The highest BCUT2D eigenvalue weighted by atomic mass is 19.1. The number of amides is 1. The van der Waals surface area contributed by atoms with Crippen LogP contribution in [0, 0.1) is 12.7 Å². The van der Waals surface area contributed by atoms with E-state index in [-0.39, 0.29) is 23.6 Å². The molecule has 1 aromatic carbocycles. The topological polar surface area (TPSA) is 38.3 Å². The van der Waals surface area contributed by atoms with Crippen LogP contribution in [0.2, 0.25) is 0 Å². The van der Waals surface area contributed by atoms with Gasteiger partial charge in [-0.2, -0.15) is 0 Å². The fourth-order valence-electron chi connectivity index (χ4n) is 2.20. The van der Waals surface area contributed by atoms with Crippen LogP contribution in [0.1, 0.15) is 35.7 Å². The van der Waals surface area contributed by atoms with Gasteiger partial charge >= 0.3 is 0 Å². The zero-order valence-electron chi connectivity index (χ0n) is 10.7. The van der Waals surface area contributed by atoms with E-state index in [1.54, 1.807) is 13.0 Å². The maximum absolute atomic E-state index is 13.6. The molecule has 0 saturated carbocycles. The number of ether oxygens (including phenoxy) is 1. The standard InChI is InChI=1S/C14H18FNO2/c1-9-3-4-12(13(15)7-9)14(17)16-11-5-6-18-10(2)8-11/h3-4,7,10-11H,5-6,8H2,1-2H3,(H,16,17). The first-order chi connectivity index (χ1) is 8.56. The quantitative estimate of drug-likeness (QED) is 0.876. The monoisotopic (exact) mass is 251 g/mol. The third-order valence-electron chi connectivity index (χ3n) is 3.19. The van der Waals surface area contributed by atoms with Gasteiger partial charge in [0.05, 0.1) is 11.7 Å². The normalized spacial score (nSPS) is 23.7. The summed E-state index contributed by atoms with van der Waals surface area (Å²) in [7, 11) is 0. The van der Waals surface area contributed by atoms with Gasteiger partial charge in [-0.1, -0.05) is 6.07 Å². The number of carbonyl (C=O) groups is 1. The molecule has 18 heavy (non-hydrogen) atoms. The Kier molecular flexibility index (Phi) is 3.97. The molecule has 0 radical (unpaired) electrons. The summed E-state index contributed by atoms with van der Waals surface area (Å²) >= 11 is 0. The van der Waals surface area contributed by atoms with Crippen molar-refractivity contribution >= 4 is 5.91 Å². The largest absolute Gasteiger partial charge is 0.378 e. The van der Waals surface area contributed by atoms with Gasteiger partial charge < -0.3 is 10.1 Å². The molecule has 1 N–H and O–H groups in total. The molecule has 1 heterocycles. The van der Waals surface area contributed by atoms with Crippen LogP contribution in [0.4, 0.5) is 4.39 Å². The molecule has 1 aliphatic heterocycles. The molecule has 3 nitrogen and oxygen atoms in total. The van der Waals surface area contributed by atoms with E-state index in [1.807, 2.05) is 6.92 Å². The smallest absolute Gasteiger partial charge is 0.254 e. The molecular formula is C14H18FNO2. The minimum absolute atomic E-state index is 0.0713. The van der Waals surface area contributed by atoms with Crippen molar-refractivity contribution in [3.63, 3.8) is 0 Å². The lowest BCUT2D eigenvalue weighted by atomic mass is 10.0. The van der Waals surface area contributed by atoms with E-state index >= 15 is 0 Å². The second-order valence-electron chi connectivity index (χ2n) is 4.86. The first-order valence-electron chi connectivity index (χ1n) is 6.25. The molecule has 0 aliphatic carbocycles. The number of hydrogen-bond acceptors (Lipinski definition) is 2. The predicted molar refractivity (Wildman–Crippen MR) is 67.0 cm³/mol. The Labute approximate surface area is 106 Å². The number of benzene rings is 1. The Morgan fingerprint density at radius 3 is 2.94 bits per heavy atom. The Hall–Kier alpha value is -1.42. The molecule has 1 aromatic rings. The van der Waals surface area contributed by atoms with Crippen molar-refractivity contribution in [2.75, 3.05) is 6.61 Å². The van der Waals surface area contributed by atoms with Gasteiger partial charge in [-0.25, -0.2) is 4.39 Å². The van der Waals surface area contributed by atoms with Crippen LogP contribution in [0.5, 0.6) is 0 Å². The van der Waals surface area contributed by atoms with Gasteiger partial charge in [0.2, 0.25) is 0 Å². The van der Waals surface area contributed by atoms with Crippen LogP contribution in [0.25, 0.3) is 0 Å². The van der Waals surface area contributed by atoms with Gasteiger partial charge in [-0.3, -0.25) is 4.79 Å². The predicted octanol–water partition coefficient (Wildman–Crippen LogP) is 2.43. The van der Waals surface area contributed by atoms with Crippen LogP contribution < -0.4 is 5.32 Å². The van der Waals surface area contributed by atoms with Crippen molar-refractivity contribution in [1.29, 1.82) is 0 Å². The molecule has 1 fully saturated rings. The average Bonchev–Trinajstić information content (AvgIpc) is 2.28. The van der Waals surface area contributed by atoms with Gasteiger partial charge in [0, 0.05) is 12.6 Å². The number of hydrogen-bond donors (Lipinski definition) is 1. The first-order valence-corrected chi connectivity index (χ1v) is 6.25. The molecular weight excluding hydrogens is 233 g/mol. The van der Waals surface area contributed by atoms with Crippen molar-refractivity contribution in [2.24, 2.45) is 0 Å². The second kappa shape index (κ2) is 5.48. The SMILES string of the molecule is Cc1ccc(C(=O)NC2CCOC(C)C2)c(F)c1. The Bertz CT molecular complexity index is 447. The van der Waals surface area contributed by atoms with Crippen molar-refractivity contribution in [2.45, 2.75) is 38.8 Å². The lowest BCUT2D eigenvalue weighted by Crippen LogP contribution is -2.41. The van der Waals surface area contributed by atoms with Gasteiger partial charge in [-0.15, -0.1) is 0 Å². The van der Waals surface area contributed by atoms with Crippen molar-refractivity contribution < 1.29 is 13.9 Å². The fraction of sp³-hybridized carbons (Fsp3) is 0.500. The molecule has 0 aromatic heterocycles. The molecule has 2 atom stereocenters. The van der Waals surface area contributed by atoms with Crippen molar-refractivity contribution in [3.8, 4) is 0 Å². The van der Waals surface area contributed by atoms with Crippen molar-refractivity contribution in [3.05, 3.63) is 35.1 Å². The van der Waals surface area contributed by atoms with Gasteiger partial charge in [0.1, 0.15) is 5.82 Å². The first kappa shape index (κ1) is 13.0. The summed E-state index contributed by atoms with van der Waals surface area (Å²) in [6, 6.07) is 4.72. The lowest BCUT2D eigenvalue weighted by molar-refractivity contribution is 0.0136. The summed E-state index contributed by atoms with van der Waals surface area (Å²) in [6.45, 7) is 4.41. The summed E-state index contributed by atoms with van der Waals surface area (Å²) < 4.78 is 19.1. The highest BCUT2D eigenvalue weighted by Crippen LogP contribution is 2.15. The van der Waals surface area contributed by atoms with Crippen molar-refractivity contribution in [1.82, 2.24) is 5.32 Å². The molecule has 4 heteroatoms. The number of aryl methyl sites for hydroxylation is 1. The van der Waals surface area contributed by atoms with Gasteiger partial charge in [0.15, 0.2) is 0 Å². The third-order valence-corrected chi connectivity index (χ3v) is 3.19. The Morgan fingerprint density at radius 1 is 1.50 bits per heavy atom. The Morgan fingerprint density at radius 2 is 2.28 bits per heavy atom. The number of nitrogens with one attached hydrogen (secondary N) is 1. The van der Waals surface area contributed by atoms with E-state index < -0.39 is 5.82 Å². The maximum Gasteiger partial charge on any atom is 0.254 e. The van der Waals surface area contributed by atoms with Crippen LogP contribution in [0.3, 0.4) is 0 Å². The number of carbonyl (C=O) groups excluding carboxylic acids is 1. The highest BCUT2D eigenvalue weighted by Gasteiger charge is 2.22. The van der Waals surface area contributed by atoms with E-state index in [2.05, 4.69) is 5.32 Å². The summed E-state index contributed by atoms with van der Waals surface area (Å²) in [5.74, 6) is -0.806. The summed E-state index contributed by atoms with van der Waals surface area (Å²) in [5.41, 5.74) is 0.920.